The number of ether oxygens (including phenoxy) is 1. The molecule has 0 spiro atoms. The maximum Gasteiger partial charge on any atom is 0.122 e. The molecule has 0 amide bonds. The first-order valence-corrected chi connectivity index (χ1v) is 6.90. The summed E-state index contributed by atoms with van der Waals surface area (Å²) in [6.45, 7) is 4.07. The third-order valence-corrected chi connectivity index (χ3v) is 3.21. The van der Waals surface area contributed by atoms with Crippen LogP contribution < -0.4 is 16.2 Å². The number of hydrogen-bond acceptors (Lipinski definition) is 3. The molecule has 0 aliphatic heterocycles. The third-order valence-electron chi connectivity index (χ3n) is 2.97. The van der Waals surface area contributed by atoms with E-state index >= 15 is 0 Å². The summed E-state index contributed by atoms with van der Waals surface area (Å²) < 4.78 is 5.72. The highest BCUT2D eigenvalue weighted by Crippen LogP contribution is 2.25. The van der Waals surface area contributed by atoms with Crippen molar-refractivity contribution in [1.29, 1.82) is 0 Å². The van der Waals surface area contributed by atoms with Crippen LogP contribution in [0.5, 0.6) is 5.75 Å². The third kappa shape index (κ3) is 4.84. The Morgan fingerprint density at radius 3 is 2.61 bits per heavy atom. The van der Waals surface area contributed by atoms with Gasteiger partial charge in [-0.1, -0.05) is 18.5 Å². The molecule has 1 aromatic rings. The minimum atomic E-state index is 0.364. The van der Waals surface area contributed by atoms with Crippen LogP contribution >= 0.6 is 11.6 Å². The van der Waals surface area contributed by atoms with Crippen molar-refractivity contribution in [2.45, 2.75) is 26.2 Å². The minimum absolute atomic E-state index is 0.364. The highest BCUT2D eigenvalue weighted by atomic mass is 35.5. The van der Waals surface area contributed by atoms with Crippen LogP contribution in [0.4, 0.5) is 0 Å². The minimum Gasteiger partial charge on any atom is -0.493 e. The van der Waals surface area contributed by atoms with Crippen LogP contribution in [0.3, 0.4) is 0 Å². The van der Waals surface area contributed by atoms with Gasteiger partial charge in [-0.2, -0.15) is 0 Å². The van der Waals surface area contributed by atoms with Gasteiger partial charge in [-0.15, -0.1) is 0 Å². The van der Waals surface area contributed by atoms with Gasteiger partial charge >= 0.3 is 0 Å². The van der Waals surface area contributed by atoms with Crippen LogP contribution in [0.25, 0.3) is 0 Å². The fraction of sp³-hybridized carbons (Fsp3) is 0.571. The monoisotopic (exact) mass is 270 g/mol. The van der Waals surface area contributed by atoms with Crippen molar-refractivity contribution in [3.63, 3.8) is 0 Å². The van der Waals surface area contributed by atoms with Crippen LogP contribution in [-0.4, -0.2) is 19.7 Å². The van der Waals surface area contributed by atoms with Crippen molar-refractivity contribution >= 4 is 11.6 Å². The van der Waals surface area contributed by atoms with E-state index in [1.54, 1.807) is 0 Å². The Morgan fingerprint density at radius 2 is 2.00 bits per heavy atom. The average Bonchev–Trinajstić information content (AvgIpc) is 2.39. The van der Waals surface area contributed by atoms with Crippen LogP contribution in [0.15, 0.2) is 18.2 Å². The molecule has 18 heavy (non-hydrogen) atoms. The van der Waals surface area contributed by atoms with E-state index in [0.29, 0.717) is 19.0 Å². The molecule has 1 aromatic carbocycles. The maximum absolute atomic E-state index is 6.03. The Bertz CT molecular complexity index is 354. The van der Waals surface area contributed by atoms with Gasteiger partial charge in [0, 0.05) is 5.02 Å². The van der Waals surface area contributed by atoms with E-state index in [1.807, 2.05) is 18.2 Å². The Balaban J connectivity index is 2.68. The molecule has 1 rings (SSSR count). The normalized spacial score (nSPS) is 10.9. The second kappa shape index (κ2) is 8.35. The van der Waals surface area contributed by atoms with Crippen molar-refractivity contribution in [2.75, 3.05) is 19.7 Å². The molecule has 0 atom stereocenters. The molecule has 0 unspecified atom stereocenters. The average molecular weight is 271 g/mol. The summed E-state index contributed by atoms with van der Waals surface area (Å²) in [6.07, 6.45) is 2.87. The molecule has 0 radical (unpaired) electrons. The molecule has 0 fully saturated rings. The zero-order chi connectivity index (χ0) is 13.4. The van der Waals surface area contributed by atoms with E-state index < -0.39 is 0 Å². The molecule has 4 heteroatoms. The smallest absolute Gasteiger partial charge is 0.122 e. The topological polar surface area (TPSA) is 61.3 Å². The number of rotatable bonds is 8. The Hall–Kier alpha value is -0.770. The number of nitrogens with two attached hydrogens (primary N) is 2. The highest BCUT2D eigenvalue weighted by molar-refractivity contribution is 6.30. The first kappa shape index (κ1) is 15.3. The van der Waals surface area contributed by atoms with Gasteiger partial charge in [-0.3, -0.25) is 0 Å². The van der Waals surface area contributed by atoms with Crippen molar-refractivity contribution in [3.8, 4) is 5.75 Å². The zero-order valence-electron chi connectivity index (χ0n) is 11.0. The molecule has 0 bridgehead atoms. The van der Waals surface area contributed by atoms with E-state index in [4.69, 9.17) is 27.8 Å². The standard InChI is InChI=1S/C14H23ClN2O/c1-2-7-18-14-6-5-13(15)8-12(14)4-3-11(9-16)10-17/h5-6,8,11H,2-4,7,9-10,16-17H2,1H3. The summed E-state index contributed by atoms with van der Waals surface area (Å²) in [5.74, 6) is 1.29. The second-order valence-corrected chi connectivity index (χ2v) is 4.91. The number of aryl methyl sites for hydroxylation is 1. The van der Waals surface area contributed by atoms with E-state index in [9.17, 15) is 0 Å². The summed E-state index contributed by atoms with van der Waals surface area (Å²) in [5.41, 5.74) is 12.5. The molecule has 4 N–H and O–H groups in total. The summed E-state index contributed by atoms with van der Waals surface area (Å²) in [5, 5.41) is 0.742. The molecule has 3 nitrogen and oxygen atoms in total. The SMILES string of the molecule is CCCOc1ccc(Cl)cc1CCC(CN)CN. The fourth-order valence-corrected chi connectivity index (χ4v) is 1.98. The van der Waals surface area contributed by atoms with E-state index in [0.717, 1.165) is 42.2 Å². The van der Waals surface area contributed by atoms with E-state index in [2.05, 4.69) is 6.92 Å². The van der Waals surface area contributed by atoms with E-state index in [1.165, 1.54) is 0 Å². The molecular weight excluding hydrogens is 248 g/mol. The van der Waals surface area contributed by atoms with Gasteiger partial charge in [0.2, 0.25) is 0 Å². The Morgan fingerprint density at radius 1 is 1.28 bits per heavy atom. The predicted octanol–water partition coefficient (Wildman–Crippen LogP) is 2.59. The maximum atomic E-state index is 6.03. The molecule has 0 saturated carbocycles. The van der Waals surface area contributed by atoms with Crippen molar-refractivity contribution in [2.24, 2.45) is 17.4 Å². The number of benzene rings is 1. The number of hydrogen-bond donors (Lipinski definition) is 2. The lowest BCUT2D eigenvalue weighted by Gasteiger charge is -2.15. The fourth-order valence-electron chi connectivity index (χ4n) is 1.79. The van der Waals surface area contributed by atoms with Crippen molar-refractivity contribution in [1.82, 2.24) is 0 Å². The Labute approximate surface area is 114 Å². The zero-order valence-corrected chi connectivity index (χ0v) is 11.7. The molecule has 0 aromatic heterocycles. The highest BCUT2D eigenvalue weighted by Gasteiger charge is 2.09. The summed E-state index contributed by atoms with van der Waals surface area (Å²) >= 11 is 6.03. The van der Waals surface area contributed by atoms with E-state index in [-0.39, 0.29) is 0 Å². The Kier molecular flexibility index (Phi) is 7.09. The largest absolute Gasteiger partial charge is 0.493 e. The van der Waals surface area contributed by atoms with Gasteiger partial charge in [0.1, 0.15) is 5.75 Å². The number of halogens is 1. The van der Waals surface area contributed by atoms with Gasteiger partial charge in [0.25, 0.3) is 0 Å². The molecule has 0 heterocycles. The first-order chi connectivity index (χ1) is 8.71. The van der Waals surface area contributed by atoms with Gasteiger partial charge in [-0.05, 0) is 62.0 Å². The van der Waals surface area contributed by atoms with Crippen LogP contribution in [0, 0.1) is 5.92 Å². The van der Waals surface area contributed by atoms with Crippen LogP contribution in [0.1, 0.15) is 25.3 Å². The lowest BCUT2D eigenvalue weighted by Crippen LogP contribution is -2.23. The van der Waals surface area contributed by atoms with Gasteiger partial charge in [-0.25, -0.2) is 0 Å². The lowest BCUT2D eigenvalue weighted by molar-refractivity contribution is 0.313. The summed E-state index contributed by atoms with van der Waals surface area (Å²) in [6, 6.07) is 5.77. The predicted molar refractivity (Wildman–Crippen MR) is 77.2 cm³/mol. The second-order valence-electron chi connectivity index (χ2n) is 4.48. The van der Waals surface area contributed by atoms with Gasteiger partial charge < -0.3 is 16.2 Å². The summed E-state index contributed by atoms with van der Waals surface area (Å²) in [4.78, 5) is 0. The van der Waals surface area contributed by atoms with Crippen LogP contribution in [0.2, 0.25) is 5.02 Å². The first-order valence-electron chi connectivity index (χ1n) is 6.52. The van der Waals surface area contributed by atoms with Crippen LogP contribution in [-0.2, 0) is 6.42 Å². The van der Waals surface area contributed by atoms with Crippen molar-refractivity contribution in [3.05, 3.63) is 28.8 Å². The molecule has 0 aliphatic rings. The molecule has 0 saturated heterocycles. The van der Waals surface area contributed by atoms with Gasteiger partial charge in [0.15, 0.2) is 0 Å². The molecule has 102 valence electrons. The lowest BCUT2D eigenvalue weighted by atomic mass is 9.99. The molecule has 0 aliphatic carbocycles. The van der Waals surface area contributed by atoms with Gasteiger partial charge in [0.05, 0.1) is 6.61 Å². The summed E-state index contributed by atoms with van der Waals surface area (Å²) in [7, 11) is 0. The quantitative estimate of drug-likeness (QED) is 0.763. The van der Waals surface area contributed by atoms with Crippen molar-refractivity contribution < 1.29 is 4.74 Å². The molecular formula is C14H23ClN2O.